The smallest absolute Gasteiger partial charge is 0.191 e. The highest BCUT2D eigenvalue weighted by Gasteiger charge is 2.00. The molecule has 0 atom stereocenters. The Morgan fingerprint density at radius 2 is 2.12 bits per heavy atom. The Kier molecular flexibility index (Phi) is 15.2. The maximum absolute atomic E-state index is 5.79. The molecule has 0 spiro atoms. The minimum absolute atomic E-state index is 0. The van der Waals surface area contributed by atoms with E-state index in [0.717, 1.165) is 63.7 Å². The van der Waals surface area contributed by atoms with Crippen molar-refractivity contribution >= 4 is 41.5 Å². The topological polar surface area (TPSA) is 61.8 Å². The Morgan fingerprint density at radius 1 is 1.32 bits per heavy atom. The van der Waals surface area contributed by atoms with Gasteiger partial charge in [-0.25, -0.2) is 4.98 Å². The van der Waals surface area contributed by atoms with Crippen LogP contribution in [0.4, 0.5) is 0 Å². The van der Waals surface area contributed by atoms with Gasteiger partial charge in [-0.1, -0.05) is 17.7 Å². The third-order valence-electron chi connectivity index (χ3n) is 3.48. The summed E-state index contributed by atoms with van der Waals surface area (Å²) < 4.78 is 5.08. The number of guanidine groups is 1. The lowest BCUT2D eigenvalue weighted by Gasteiger charge is -2.15. The van der Waals surface area contributed by atoms with Crippen LogP contribution in [-0.4, -0.2) is 69.3 Å². The molecule has 8 heteroatoms. The van der Waals surface area contributed by atoms with Gasteiger partial charge in [-0.3, -0.25) is 4.99 Å². The molecule has 1 aromatic rings. The van der Waals surface area contributed by atoms with Crippen LogP contribution in [0.3, 0.4) is 0 Å². The highest BCUT2D eigenvalue weighted by molar-refractivity contribution is 14.0. The highest BCUT2D eigenvalue weighted by Crippen LogP contribution is 2.05. The summed E-state index contributed by atoms with van der Waals surface area (Å²) in [7, 11) is 3.83. The molecule has 0 saturated carbocycles. The largest absolute Gasteiger partial charge is 0.383 e. The van der Waals surface area contributed by atoms with Gasteiger partial charge in [-0.15, -0.1) is 24.0 Å². The van der Waals surface area contributed by atoms with E-state index in [4.69, 9.17) is 16.3 Å². The van der Waals surface area contributed by atoms with Crippen LogP contribution in [0.1, 0.15) is 18.9 Å². The van der Waals surface area contributed by atoms with Gasteiger partial charge in [0.15, 0.2) is 5.96 Å². The van der Waals surface area contributed by atoms with Gasteiger partial charge in [0.1, 0.15) is 5.15 Å². The fourth-order valence-corrected chi connectivity index (χ4v) is 2.22. The standard InChI is InChI=1S/C17H30ClN5O.HI/c1-4-19-17(20-9-5-11-23(2)12-13-24-3)21-10-8-15-6-7-16(18)22-14-15;/h6-7,14H,4-5,8-13H2,1-3H3,(H2,19,20,21);1H. The van der Waals surface area contributed by atoms with Crippen LogP contribution in [0.2, 0.25) is 5.15 Å². The molecular weight excluding hydrogens is 453 g/mol. The first-order valence-electron chi connectivity index (χ1n) is 8.45. The molecule has 0 fully saturated rings. The average molecular weight is 484 g/mol. The van der Waals surface area contributed by atoms with Crippen LogP contribution >= 0.6 is 35.6 Å². The summed E-state index contributed by atoms with van der Waals surface area (Å²) in [5.41, 5.74) is 1.16. The molecule has 0 aliphatic rings. The van der Waals surface area contributed by atoms with E-state index in [1.165, 1.54) is 0 Å². The van der Waals surface area contributed by atoms with Crippen molar-refractivity contribution in [1.82, 2.24) is 20.5 Å². The number of aliphatic imine (C=N–C) groups is 1. The van der Waals surface area contributed by atoms with Crippen LogP contribution in [-0.2, 0) is 11.2 Å². The highest BCUT2D eigenvalue weighted by atomic mass is 127. The number of rotatable bonds is 11. The van der Waals surface area contributed by atoms with Gasteiger partial charge in [-0.2, -0.15) is 0 Å². The number of hydrogen-bond acceptors (Lipinski definition) is 4. The number of aromatic nitrogens is 1. The number of likely N-dealkylation sites (N-methyl/N-ethyl adjacent to an activating group) is 1. The number of ether oxygens (including phenoxy) is 1. The van der Waals surface area contributed by atoms with E-state index in [1.54, 1.807) is 7.11 Å². The monoisotopic (exact) mass is 483 g/mol. The van der Waals surface area contributed by atoms with Crippen molar-refractivity contribution in [3.8, 4) is 0 Å². The van der Waals surface area contributed by atoms with Crippen LogP contribution in [0.5, 0.6) is 0 Å². The van der Waals surface area contributed by atoms with Crippen molar-refractivity contribution < 1.29 is 4.74 Å². The van der Waals surface area contributed by atoms with Crippen molar-refractivity contribution in [2.75, 3.05) is 53.5 Å². The van der Waals surface area contributed by atoms with E-state index in [9.17, 15) is 0 Å². The van der Waals surface area contributed by atoms with Crippen LogP contribution < -0.4 is 10.6 Å². The maximum Gasteiger partial charge on any atom is 0.191 e. The first kappa shape index (κ1) is 24.4. The summed E-state index contributed by atoms with van der Waals surface area (Å²) in [5, 5.41) is 7.14. The molecule has 0 bridgehead atoms. The number of halogens is 2. The van der Waals surface area contributed by atoms with Gasteiger partial charge in [0.2, 0.25) is 0 Å². The van der Waals surface area contributed by atoms with Gasteiger partial charge in [0, 0.05) is 39.5 Å². The number of nitrogens with one attached hydrogen (secondary N) is 2. The molecule has 1 heterocycles. The van der Waals surface area contributed by atoms with Gasteiger partial charge >= 0.3 is 0 Å². The molecule has 144 valence electrons. The second kappa shape index (κ2) is 15.6. The molecule has 25 heavy (non-hydrogen) atoms. The molecule has 6 nitrogen and oxygen atoms in total. The predicted octanol–water partition coefficient (Wildman–Crippen LogP) is 2.42. The fourth-order valence-electron chi connectivity index (χ4n) is 2.11. The molecule has 0 amide bonds. The molecule has 0 radical (unpaired) electrons. The quantitative estimate of drug-likeness (QED) is 0.166. The average Bonchev–Trinajstić information content (AvgIpc) is 2.58. The molecule has 0 unspecified atom stereocenters. The van der Waals surface area contributed by atoms with Gasteiger partial charge in [0.05, 0.1) is 6.61 Å². The van der Waals surface area contributed by atoms with Gasteiger partial charge < -0.3 is 20.3 Å². The zero-order valence-corrected chi connectivity index (χ0v) is 18.5. The lowest BCUT2D eigenvalue weighted by Crippen LogP contribution is -2.38. The second-order valence-electron chi connectivity index (χ2n) is 5.58. The summed E-state index contributed by atoms with van der Waals surface area (Å²) in [6.45, 7) is 7.26. The minimum atomic E-state index is 0. The molecular formula is C17H31ClIN5O. The first-order chi connectivity index (χ1) is 11.7. The summed E-state index contributed by atoms with van der Waals surface area (Å²) >= 11 is 5.79. The number of methoxy groups -OCH3 is 1. The predicted molar refractivity (Wildman–Crippen MR) is 116 cm³/mol. The molecule has 1 aromatic heterocycles. The summed E-state index contributed by atoms with van der Waals surface area (Å²) in [6, 6.07) is 3.81. The second-order valence-corrected chi connectivity index (χ2v) is 5.96. The molecule has 0 aliphatic carbocycles. The Morgan fingerprint density at radius 3 is 2.76 bits per heavy atom. The van der Waals surface area contributed by atoms with E-state index in [1.807, 2.05) is 18.3 Å². The Bertz CT molecular complexity index is 473. The Hall–Kier alpha value is -0.640. The molecule has 1 rings (SSSR count). The third-order valence-corrected chi connectivity index (χ3v) is 3.71. The fraction of sp³-hybridized carbons (Fsp3) is 0.647. The maximum atomic E-state index is 5.79. The zero-order valence-electron chi connectivity index (χ0n) is 15.4. The molecule has 0 aromatic carbocycles. The van der Waals surface area contributed by atoms with E-state index >= 15 is 0 Å². The first-order valence-corrected chi connectivity index (χ1v) is 8.83. The zero-order chi connectivity index (χ0) is 17.6. The van der Waals surface area contributed by atoms with Gasteiger partial charge in [-0.05, 0) is 45.0 Å². The SMILES string of the molecule is CCNC(=NCCCN(C)CCOC)NCCc1ccc(Cl)nc1.I. The van der Waals surface area contributed by atoms with E-state index < -0.39 is 0 Å². The minimum Gasteiger partial charge on any atom is -0.383 e. The van der Waals surface area contributed by atoms with E-state index in [0.29, 0.717) is 5.15 Å². The van der Waals surface area contributed by atoms with Crippen molar-refractivity contribution in [2.45, 2.75) is 19.8 Å². The van der Waals surface area contributed by atoms with Crippen LogP contribution in [0.15, 0.2) is 23.3 Å². The lowest BCUT2D eigenvalue weighted by molar-refractivity contribution is 0.161. The van der Waals surface area contributed by atoms with Gasteiger partial charge in [0.25, 0.3) is 0 Å². The lowest BCUT2D eigenvalue weighted by atomic mass is 10.2. The van der Waals surface area contributed by atoms with Crippen molar-refractivity contribution in [3.63, 3.8) is 0 Å². The molecule has 0 aliphatic heterocycles. The van der Waals surface area contributed by atoms with Crippen molar-refractivity contribution in [2.24, 2.45) is 4.99 Å². The normalized spacial score (nSPS) is 11.3. The van der Waals surface area contributed by atoms with E-state index in [-0.39, 0.29) is 24.0 Å². The van der Waals surface area contributed by atoms with Crippen LogP contribution in [0, 0.1) is 0 Å². The van der Waals surface area contributed by atoms with Crippen LogP contribution in [0.25, 0.3) is 0 Å². The number of nitrogens with zero attached hydrogens (tertiary/aromatic N) is 3. The third kappa shape index (κ3) is 12.4. The van der Waals surface area contributed by atoms with Crippen molar-refractivity contribution in [1.29, 1.82) is 0 Å². The Balaban J connectivity index is 0.00000576. The number of hydrogen-bond donors (Lipinski definition) is 2. The summed E-state index contributed by atoms with van der Waals surface area (Å²) in [4.78, 5) is 11.0. The van der Waals surface area contributed by atoms with E-state index in [2.05, 4.69) is 39.5 Å². The number of pyridine rings is 1. The summed E-state index contributed by atoms with van der Waals surface area (Å²) in [6.07, 6.45) is 3.72. The summed E-state index contributed by atoms with van der Waals surface area (Å²) in [5.74, 6) is 0.860. The molecule has 0 saturated heterocycles. The molecule has 2 N–H and O–H groups in total. The Labute approximate surface area is 173 Å². The van der Waals surface area contributed by atoms with Crippen molar-refractivity contribution in [3.05, 3.63) is 29.0 Å².